The lowest BCUT2D eigenvalue weighted by Gasteiger charge is -2.24. The Morgan fingerprint density at radius 3 is 2.65 bits per heavy atom. The van der Waals surface area contributed by atoms with Crippen LogP contribution < -0.4 is 10.1 Å². The number of aryl methyl sites for hydroxylation is 1. The molecule has 0 amide bonds. The lowest BCUT2D eigenvalue weighted by molar-refractivity contribution is 0.175. The topological polar surface area (TPSA) is 47.0 Å². The fourth-order valence-electron chi connectivity index (χ4n) is 1.79. The molecule has 4 nitrogen and oxygen atoms in total. The molecule has 1 aromatic heterocycles. The summed E-state index contributed by atoms with van der Waals surface area (Å²) in [5.74, 6) is 0.769. The van der Waals surface area contributed by atoms with Crippen LogP contribution in [0.1, 0.15) is 25.2 Å². The van der Waals surface area contributed by atoms with E-state index in [0.717, 1.165) is 18.9 Å². The molecule has 1 N–H and O–H groups in total. The normalized spacial score (nSPS) is 11.6. The van der Waals surface area contributed by atoms with Crippen LogP contribution in [0.3, 0.4) is 0 Å². The van der Waals surface area contributed by atoms with E-state index in [-0.39, 0.29) is 5.41 Å². The first-order valence-corrected chi connectivity index (χ1v) is 7.50. The maximum Gasteiger partial charge on any atom is 0.293 e. The van der Waals surface area contributed by atoms with Crippen molar-refractivity contribution in [1.29, 1.82) is 0 Å². The van der Waals surface area contributed by atoms with Crippen molar-refractivity contribution in [2.24, 2.45) is 5.41 Å². The molecule has 108 valence electrons. The van der Waals surface area contributed by atoms with Crippen molar-refractivity contribution in [3.8, 4) is 5.19 Å². The highest BCUT2D eigenvalue weighted by molar-refractivity contribution is 7.07. The number of ether oxygens (including phenoxy) is 1. The van der Waals surface area contributed by atoms with Crippen molar-refractivity contribution in [2.75, 3.05) is 13.2 Å². The molecule has 1 heterocycles. The van der Waals surface area contributed by atoms with E-state index in [4.69, 9.17) is 4.74 Å². The highest BCUT2D eigenvalue weighted by Gasteiger charge is 2.19. The van der Waals surface area contributed by atoms with Crippen molar-refractivity contribution in [1.82, 2.24) is 14.7 Å². The first-order chi connectivity index (χ1) is 9.55. The van der Waals surface area contributed by atoms with Crippen LogP contribution in [0.25, 0.3) is 0 Å². The second-order valence-corrected chi connectivity index (χ2v) is 6.36. The summed E-state index contributed by atoms with van der Waals surface area (Å²) in [6.45, 7) is 8.62. The molecule has 0 aliphatic carbocycles. The van der Waals surface area contributed by atoms with E-state index in [2.05, 4.69) is 52.8 Å². The quantitative estimate of drug-likeness (QED) is 0.852. The Morgan fingerprint density at radius 2 is 2.00 bits per heavy atom. The maximum atomic E-state index is 5.70. The van der Waals surface area contributed by atoms with Crippen LogP contribution in [0.2, 0.25) is 0 Å². The lowest BCUT2D eigenvalue weighted by Crippen LogP contribution is -2.34. The van der Waals surface area contributed by atoms with Crippen LogP contribution in [0.4, 0.5) is 0 Å². The summed E-state index contributed by atoms with van der Waals surface area (Å²) in [4.78, 5) is 4.21. The van der Waals surface area contributed by atoms with Crippen LogP contribution in [0.5, 0.6) is 5.19 Å². The zero-order valence-electron chi connectivity index (χ0n) is 12.2. The highest BCUT2D eigenvalue weighted by Crippen LogP contribution is 2.19. The molecule has 0 aliphatic rings. The smallest absolute Gasteiger partial charge is 0.293 e. The van der Waals surface area contributed by atoms with Gasteiger partial charge in [0.2, 0.25) is 0 Å². The Hall–Kier alpha value is -1.46. The highest BCUT2D eigenvalue weighted by atomic mass is 32.1. The third-order valence-corrected chi connectivity index (χ3v) is 3.59. The maximum absolute atomic E-state index is 5.70. The van der Waals surface area contributed by atoms with Crippen molar-refractivity contribution in [3.63, 3.8) is 0 Å². The number of nitrogens with zero attached hydrogens (tertiary/aromatic N) is 2. The van der Waals surface area contributed by atoms with Gasteiger partial charge in [-0.05, 0) is 12.5 Å². The average Bonchev–Trinajstić information content (AvgIpc) is 2.84. The number of aromatic nitrogens is 2. The van der Waals surface area contributed by atoms with Crippen LogP contribution in [-0.4, -0.2) is 22.5 Å². The molecule has 0 atom stereocenters. The van der Waals surface area contributed by atoms with E-state index in [0.29, 0.717) is 11.8 Å². The summed E-state index contributed by atoms with van der Waals surface area (Å²) >= 11 is 1.31. The summed E-state index contributed by atoms with van der Waals surface area (Å²) in [5, 5.41) is 4.12. The Balaban J connectivity index is 1.73. The third kappa shape index (κ3) is 4.90. The first-order valence-electron chi connectivity index (χ1n) is 6.73. The molecule has 20 heavy (non-hydrogen) atoms. The number of rotatable bonds is 7. The van der Waals surface area contributed by atoms with Gasteiger partial charge >= 0.3 is 0 Å². The van der Waals surface area contributed by atoms with Gasteiger partial charge in [0.15, 0.2) is 0 Å². The van der Waals surface area contributed by atoms with Gasteiger partial charge in [-0.25, -0.2) is 0 Å². The molecule has 0 saturated carbocycles. The number of hydrogen-bond acceptors (Lipinski definition) is 5. The monoisotopic (exact) mass is 291 g/mol. The summed E-state index contributed by atoms with van der Waals surface area (Å²) in [6.07, 6.45) is 0. The van der Waals surface area contributed by atoms with Crippen LogP contribution in [-0.2, 0) is 6.54 Å². The van der Waals surface area contributed by atoms with Gasteiger partial charge in [0.05, 0.1) is 6.61 Å². The largest absolute Gasteiger partial charge is 0.468 e. The van der Waals surface area contributed by atoms with Crippen LogP contribution in [0.15, 0.2) is 30.3 Å². The second-order valence-electron chi connectivity index (χ2n) is 5.65. The first kappa shape index (κ1) is 14.9. The number of hydrogen-bond donors (Lipinski definition) is 1. The Bertz CT molecular complexity index is 525. The summed E-state index contributed by atoms with van der Waals surface area (Å²) in [6, 6.07) is 10.4. The Kier molecular flexibility index (Phi) is 5.09. The molecule has 5 heteroatoms. The van der Waals surface area contributed by atoms with Gasteiger partial charge in [-0.1, -0.05) is 44.2 Å². The third-order valence-electron chi connectivity index (χ3n) is 2.87. The van der Waals surface area contributed by atoms with Gasteiger partial charge in [-0.3, -0.25) is 0 Å². The van der Waals surface area contributed by atoms with Crippen molar-refractivity contribution in [2.45, 2.75) is 27.3 Å². The van der Waals surface area contributed by atoms with Crippen LogP contribution in [0, 0.1) is 12.3 Å². The van der Waals surface area contributed by atoms with Crippen LogP contribution >= 0.6 is 11.5 Å². The van der Waals surface area contributed by atoms with E-state index < -0.39 is 0 Å². The predicted octanol–water partition coefficient (Wildman–Crippen LogP) is 3.04. The minimum absolute atomic E-state index is 0.0500. The van der Waals surface area contributed by atoms with Gasteiger partial charge in [0, 0.05) is 30.0 Å². The SMILES string of the molecule is Cc1nsc(OCC(C)(C)CNCc2ccccc2)n1. The zero-order chi connectivity index (χ0) is 14.4. The molecule has 2 rings (SSSR count). The molecule has 0 spiro atoms. The molecular weight excluding hydrogens is 270 g/mol. The molecule has 0 saturated heterocycles. The molecule has 0 radical (unpaired) electrons. The molecule has 1 aromatic carbocycles. The fourth-order valence-corrected chi connectivity index (χ4v) is 2.32. The van der Waals surface area contributed by atoms with Crippen molar-refractivity contribution < 1.29 is 4.74 Å². The van der Waals surface area contributed by atoms with Gasteiger partial charge < -0.3 is 10.1 Å². The van der Waals surface area contributed by atoms with E-state index >= 15 is 0 Å². The van der Waals surface area contributed by atoms with Gasteiger partial charge in [0.1, 0.15) is 5.82 Å². The molecule has 0 unspecified atom stereocenters. The average molecular weight is 291 g/mol. The molecular formula is C15H21N3OS. The Labute approximate surface area is 124 Å². The number of nitrogens with one attached hydrogen (secondary N) is 1. The fraction of sp³-hybridized carbons (Fsp3) is 0.467. The van der Waals surface area contributed by atoms with Gasteiger partial charge in [-0.15, -0.1) is 0 Å². The second kappa shape index (κ2) is 6.81. The molecule has 0 aliphatic heterocycles. The molecule has 2 aromatic rings. The summed E-state index contributed by atoms with van der Waals surface area (Å²) < 4.78 is 9.81. The zero-order valence-corrected chi connectivity index (χ0v) is 13.0. The van der Waals surface area contributed by atoms with Gasteiger partial charge in [0.25, 0.3) is 5.19 Å². The molecule has 0 fully saturated rings. The van der Waals surface area contributed by atoms with E-state index in [1.165, 1.54) is 17.1 Å². The van der Waals surface area contributed by atoms with Crippen molar-refractivity contribution >= 4 is 11.5 Å². The summed E-state index contributed by atoms with van der Waals surface area (Å²) in [5.41, 5.74) is 1.35. The van der Waals surface area contributed by atoms with E-state index in [1.807, 2.05) is 13.0 Å². The van der Waals surface area contributed by atoms with E-state index in [9.17, 15) is 0 Å². The molecule has 0 bridgehead atoms. The van der Waals surface area contributed by atoms with E-state index in [1.54, 1.807) is 0 Å². The van der Waals surface area contributed by atoms with Gasteiger partial charge in [-0.2, -0.15) is 9.36 Å². The minimum atomic E-state index is 0.0500. The predicted molar refractivity (Wildman–Crippen MR) is 82.1 cm³/mol. The lowest BCUT2D eigenvalue weighted by atomic mass is 9.95. The minimum Gasteiger partial charge on any atom is -0.468 e. The Morgan fingerprint density at radius 1 is 1.25 bits per heavy atom. The standard InChI is InChI=1S/C15H21N3OS/c1-12-17-14(20-18-12)19-11-15(2,3)10-16-9-13-7-5-4-6-8-13/h4-8,16H,9-11H2,1-3H3. The number of benzene rings is 1. The summed E-state index contributed by atoms with van der Waals surface area (Å²) in [7, 11) is 0. The van der Waals surface area contributed by atoms with Crippen molar-refractivity contribution in [3.05, 3.63) is 41.7 Å².